The lowest BCUT2D eigenvalue weighted by molar-refractivity contribution is 0.0867. The van der Waals surface area contributed by atoms with E-state index in [0.717, 1.165) is 44.4 Å². The number of nitrogens with zero attached hydrogens (tertiary/aromatic N) is 1. The summed E-state index contributed by atoms with van der Waals surface area (Å²) in [5.41, 5.74) is 6.01. The third-order valence-electron chi connectivity index (χ3n) is 3.95. The molecule has 18 heavy (non-hydrogen) atoms. The van der Waals surface area contributed by atoms with Crippen LogP contribution in [-0.2, 0) is 4.74 Å². The molecule has 3 nitrogen and oxygen atoms in total. The zero-order valence-electron chi connectivity index (χ0n) is 12.2. The number of thiol groups is 1. The fourth-order valence-corrected chi connectivity index (χ4v) is 2.77. The van der Waals surface area contributed by atoms with Gasteiger partial charge in [-0.25, -0.2) is 0 Å². The van der Waals surface area contributed by atoms with Gasteiger partial charge in [-0.2, -0.15) is 12.6 Å². The molecule has 2 atom stereocenters. The van der Waals surface area contributed by atoms with E-state index in [0.29, 0.717) is 11.5 Å². The van der Waals surface area contributed by atoms with Gasteiger partial charge in [-0.3, -0.25) is 4.90 Å². The molecule has 0 saturated carbocycles. The number of likely N-dealkylation sites (tertiary alicyclic amines) is 1. The first-order valence-corrected chi connectivity index (χ1v) is 7.75. The SMILES string of the molecule is CC(C)(C)C1CC(COCCS)N(CCCN)C1. The van der Waals surface area contributed by atoms with Crippen molar-refractivity contribution in [1.29, 1.82) is 0 Å². The summed E-state index contributed by atoms with van der Waals surface area (Å²) < 4.78 is 5.69. The van der Waals surface area contributed by atoms with E-state index in [1.54, 1.807) is 0 Å². The van der Waals surface area contributed by atoms with Crippen molar-refractivity contribution in [2.45, 2.75) is 39.7 Å². The molecule has 0 aromatic rings. The van der Waals surface area contributed by atoms with Crippen molar-refractivity contribution < 1.29 is 4.74 Å². The lowest BCUT2D eigenvalue weighted by atomic mass is 9.79. The minimum absolute atomic E-state index is 0.388. The first kappa shape index (κ1) is 16.3. The minimum atomic E-state index is 0.388. The summed E-state index contributed by atoms with van der Waals surface area (Å²) in [6.45, 7) is 11.7. The molecule has 0 aliphatic carbocycles. The zero-order valence-corrected chi connectivity index (χ0v) is 13.1. The van der Waals surface area contributed by atoms with Crippen molar-refractivity contribution >= 4 is 12.6 Å². The monoisotopic (exact) mass is 274 g/mol. The third-order valence-corrected chi connectivity index (χ3v) is 4.13. The maximum atomic E-state index is 5.69. The van der Waals surface area contributed by atoms with Gasteiger partial charge >= 0.3 is 0 Å². The van der Waals surface area contributed by atoms with Gasteiger partial charge in [0.15, 0.2) is 0 Å². The van der Waals surface area contributed by atoms with Gasteiger partial charge in [0.2, 0.25) is 0 Å². The molecule has 1 aliphatic rings. The number of nitrogens with two attached hydrogens (primary N) is 1. The maximum Gasteiger partial charge on any atom is 0.0622 e. The molecule has 0 bridgehead atoms. The molecule has 0 amide bonds. The topological polar surface area (TPSA) is 38.5 Å². The molecule has 2 N–H and O–H groups in total. The second-order valence-corrected chi connectivity index (χ2v) is 6.84. The average Bonchev–Trinajstić information content (AvgIpc) is 2.70. The van der Waals surface area contributed by atoms with E-state index in [-0.39, 0.29) is 0 Å². The molecule has 0 spiro atoms. The second-order valence-electron chi connectivity index (χ2n) is 6.39. The molecular formula is C14H30N2OS. The van der Waals surface area contributed by atoms with E-state index in [1.807, 2.05) is 0 Å². The molecule has 1 rings (SSSR count). The van der Waals surface area contributed by atoms with Crippen LogP contribution in [0.1, 0.15) is 33.6 Å². The van der Waals surface area contributed by atoms with Crippen LogP contribution in [0, 0.1) is 11.3 Å². The molecule has 4 heteroatoms. The van der Waals surface area contributed by atoms with Gasteiger partial charge < -0.3 is 10.5 Å². The van der Waals surface area contributed by atoms with Crippen LogP contribution in [0.25, 0.3) is 0 Å². The van der Waals surface area contributed by atoms with E-state index in [1.165, 1.54) is 13.0 Å². The summed E-state index contributed by atoms with van der Waals surface area (Å²) in [5, 5.41) is 0. The maximum absolute atomic E-state index is 5.69. The zero-order chi connectivity index (χ0) is 13.6. The highest BCUT2D eigenvalue weighted by atomic mass is 32.1. The van der Waals surface area contributed by atoms with Crippen molar-refractivity contribution in [2.24, 2.45) is 17.1 Å². The second kappa shape index (κ2) is 7.73. The molecular weight excluding hydrogens is 244 g/mol. The Kier molecular flexibility index (Phi) is 6.99. The highest BCUT2D eigenvalue weighted by molar-refractivity contribution is 7.80. The van der Waals surface area contributed by atoms with Crippen LogP contribution >= 0.6 is 12.6 Å². The smallest absolute Gasteiger partial charge is 0.0622 e. The molecule has 1 heterocycles. The Hall–Kier alpha value is 0.230. The predicted octanol–water partition coefficient (Wildman–Crippen LogP) is 2.02. The molecule has 0 aromatic carbocycles. The van der Waals surface area contributed by atoms with Gasteiger partial charge in [0, 0.05) is 18.3 Å². The molecule has 1 saturated heterocycles. The van der Waals surface area contributed by atoms with Crippen molar-refractivity contribution in [3.8, 4) is 0 Å². The fraction of sp³-hybridized carbons (Fsp3) is 1.00. The highest BCUT2D eigenvalue weighted by Gasteiger charge is 2.37. The van der Waals surface area contributed by atoms with E-state index >= 15 is 0 Å². The summed E-state index contributed by atoms with van der Waals surface area (Å²) in [7, 11) is 0. The van der Waals surface area contributed by atoms with Gasteiger partial charge in [0.05, 0.1) is 13.2 Å². The molecule has 1 aliphatic heterocycles. The van der Waals surface area contributed by atoms with Crippen molar-refractivity contribution in [3.63, 3.8) is 0 Å². The lowest BCUT2D eigenvalue weighted by Gasteiger charge is -2.27. The summed E-state index contributed by atoms with van der Waals surface area (Å²) in [5.74, 6) is 1.57. The molecule has 1 fully saturated rings. The first-order valence-electron chi connectivity index (χ1n) is 7.11. The Morgan fingerprint density at radius 1 is 1.39 bits per heavy atom. The van der Waals surface area contributed by atoms with Crippen molar-refractivity contribution in [1.82, 2.24) is 4.90 Å². The number of ether oxygens (including phenoxy) is 1. The lowest BCUT2D eigenvalue weighted by Crippen LogP contribution is -2.35. The normalized spacial score (nSPS) is 25.8. The van der Waals surface area contributed by atoms with Crippen LogP contribution < -0.4 is 5.73 Å². The summed E-state index contributed by atoms with van der Waals surface area (Å²) in [4.78, 5) is 2.57. The van der Waals surface area contributed by atoms with Crippen LogP contribution in [0.15, 0.2) is 0 Å². The van der Waals surface area contributed by atoms with Crippen molar-refractivity contribution in [3.05, 3.63) is 0 Å². The summed E-state index contributed by atoms with van der Waals surface area (Å²) in [6.07, 6.45) is 2.33. The molecule has 0 aromatic heterocycles. The fourth-order valence-electron chi connectivity index (χ4n) is 2.64. The number of hydrogen-bond acceptors (Lipinski definition) is 4. The quantitative estimate of drug-likeness (QED) is 0.551. The van der Waals surface area contributed by atoms with E-state index in [4.69, 9.17) is 10.5 Å². The van der Waals surface area contributed by atoms with Gasteiger partial charge in [-0.15, -0.1) is 0 Å². The molecule has 0 radical (unpaired) electrons. The van der Waals surface area contributed by atoms with Crippen LogP contribution in [0.2, 0.25) is 0 Å². The van der Waals surface area contributed by atoms with Gasteiger partial charge in [-0.1, -0.05) is 20.8 Å². The van der Waals surface area contributed by atoms with Crippen LogP contribution in [0.4, 0.5) is 0 Å². The minimum Gasteiger partial charge on any atom is -0.379 e. The standard InChI is InChI=1S/C14H30N2OS/c1-14(2,3)12-9-13(11-17-7-8-18)16(10-12)6-4-5-15/h12-13,18H,4-11,15H2,1-3H3. The Balaban J connectivity index is 2.49. The molecule has 108 valence electrons. The van der Waals surface area contributed by atoms with Gasteiger partial charge in [0.25, 0.3) is 0 Å². The Morgan fingerprint density at radius 2 is 2.11 bits per heavy atom. The molecule has 2 unspecified atom stereocenters. The average molecular weight is 274 g/mol. The van der Waals surface area contributed by atoms with Crippen molar-refractivity contribution in [2.75, 3.05) is 38.6 Å². The van der Waals surface area contributed by atoms with E-state index < -0.39 is 0 Å². The largest absolute Gasteiger partial charge is 0.379 e. The first-order chi connectivity index (χ1) is 8.49. The van der Waals surface area contributed by atoms with Crippen LogP contribution in [-0.4, -0.2) is 49.5 Å². The van der Waals surface area contributed by atoms with E-state index in [9.17, 15) is 0 Å². The third kappa shape index (κ3) is 5.08. The van der Waals surface area contributed by atoms with Crippen LogP contribution in [0.5, 0.6) is 0 Å². The summed E-state index contributed by atoms with van der Waals surface area (Å²) >= 11 is 4.18. The number of hydrogen-bond donors (Lipinski definition) is 2. The highest BCUT2D eigenvalue weighted by Crippen LogP contribution is 2.36. The van der Waals surface area contributed by atoms with Gasteiger partial charge in [-0.05, 0) is 37.3 Å². The van der Waals surface area contributed by atoms with E-state index in [2.05, 4.69) is 38.3 Å². The Bertz CT molecular complexity index is 230. The Labute approximate surface area is 118 Å². The predicted molar refractivity (Wildman–Crippen MR) is 81.3 cm³/mol. The summed E-state index contributed by atoms with van der Waals surface area (Å²) in [6, 6.07) is 0.570. The number of rotatable bonds is 7. The van der Waals surface area contributed by atoms with Crippen LogP contribution in [0.3, 0.4) is 0 Å². The van der Waals surface area contributed by atoms with Gasteiger partial charge in [0.1, 0.15) is 0 Å². The Morgan fingerprint density at radius 3 is 2.67 bits per heavy atom.